The Kier molecular flexibility index (Phi) is 4.81. The fraction of sp³-hybridized carbons (Fsp3) is 0.950. The maximum atomic E-state index is 13.4. The first-order valence-electron chi connectivity index (χ1n) is 10.5. The summed E-state index contributed by atoms with van der Waals surface area (Å²) in [6.07, 6.45) is 10.4. The van der Waals surface area contributed by atoms with E-state index in [1.54, 1.807) is 0 Å². The summed E-state index contributed by atoms with van der Waals surface area (Å²) in [5, 5.41) is 0. The van der Waals surface area contributed by atoms with Crippen LogP contribution in [0.4, 0.5) is 0 Å². The molecular formula is C20H35N2O3P. The highest BCUT2D eigenvalue weighted by Gasteiger charge is 2.56. The van der Waals surface area contributed by atoms with Crippen molar-refractivity contribution in [3.8, 4) is 0 Å². The van der Waals surface area contributed by atoms with Gasteiger partial charge in [0, 0.05) is 6.54 Å². The van der Waals surface area contributed by atoms with E-state index in [1.807, 2.05) is 20.2 Å². The summed E-state index contributed by atoms with van der Waals surface area (Å²) in [6.45, 7) is 9.84. The third kappa shape index (κ3) is 3.08. The molecule has 0 aromatic heterocycles. The first-order chi connectivity index (χ1) is 12.3. The van der Waals surface area contributed by atoms with Crippen LogP contribution in [0.25, 0.3) is 0 Å². The zero-order chi connectivity index (χ0) is 18.6. The molecule has 1 unspecified atom stereocenters. The Balaban J connectivity index is 1.52. The SMILES string of the molecule is CCOP(=O)(OCC)C1N=CN(CC23CC4CC(CC(C4)C2)C3)C1(C)C. The van der Waals surface area contributed by atoms with E-state index in [0.29, 0.717) is 18.6 Å². The summed E-state index contributed by atoms with van der Waals surface area (Å²) >= 11 is 0. The van der Waals surface area contributed by atoms with Crippen molar-refractivity contribution in [3.05, 3.63) is 0 Å². The Morgan fingerprint density at radius 2 is 1.54 bits per heavy atom. The molecule has 1 atom stereocenters. The second-order valence-electron chi connectivity index (χ2n) is 9.71. The van der Waals surface area contributed by atoms with E-state index in [4.69, 9.17) is 9.05 Å². The molecule has 0 saturated heterocycles. The summed E-state index contributed by atoms with van der Waals surface area (Å²) < 4.78 is 24.6. The highest BCUT2D eigenvalue weighted by atomic mass is 31.2. The number of hydrogen-bond donors (Lipinski definition) is 0. The number of rotatable bonds is 7. The molecular weight excluding hydrogens is 347 g/mol. The summed E-state index contributed by atoms with van der Waals surface area (Å²) in [5.74, 6) is 2.39. The van der Waals surface area contributed by atoms with Gasteiger partial charge in [0.1, 0.15) is 0 Å². The van der Waals surface area contributed by atoms with Gasteiger partial charge < -0.3 is 13.9 Å². The molecule has 0 amide bonds. The van der Waals surface area contributed by atoms with E-state index in [2.05, 4.69) is 23.7 Å². The minimum atomic E-state index is -3.25. The average Bonchev–Trinajstić information content (AvgIpc) is 2.81. The second kappa shape index (κ2) is 6.60. The first kappa shape index (κ1) is 19.0. The summed E-state index contributed by atoms with van der Waals surface area (Å²) in [4.78, 5) is 7.02. The lowest BCUT2D eigenvalue weighted by molar-refractivity contribution is -0.0678. The molecule has 4 saturated carbocycles. The minimum absolute atomic E-state index is 0.344. The van der Waals surface area contributed by atoms with E-state index in [-0.39, 0.29) is 5.54 Å². The van der Waals surface area contributed by atoms with Crippen LogP contribution in [0.5, 0.6) is 0 Å². The molecule has 1 aliphatic heterocycles. The van der Waals surface area contributed by atoms with Gasteiger partial charge in [0.15, 0.2) is 5.78 Å². The van der Waals surface area contributed by atoms with Crippen LogP contribution in [0.2, 0.25) is 0 Å². The van der Waals surface area contributed by atoms with Crippen molar-refractivity contribution in [1.29, 1.82) is 0 Å². The molecule has 4 aliphatic carbocycles. The van der Waals surface area contributed by atoms with Crippen LogP contribution in [0.1, 0.15) is 66.2 Å². The Bertz CT molecular complexity index is 573. The van der Waals surface area contributed by atoms with Crippen molar-refractivity contribution in [3.63, 3.8) is 0 Å². The number of nitrogens with zero attached hydrogens (tertiary/aromatic N) is 2. The van der Waals surface area contributed by atoms with Gasteiger partial charge in [-0.1, -0.05) is 0 Å². The first-order valence-corrected chi connectivity index (χ1v) is 12.1. The Hall–Kier alpha value is -0.380. The van der Waals surface area contributed by atoms with Crippen LogP contribution >= 0.6 is 7.60 Å². The molecule has 5 nitrogen and oxygen atoms in total. The average molecular weight is 382 g/mol. The maximum absolute atomic E-state index is 13.4. The molecule has 5 aliphatic rings. The third-order valence-corrected chi connectivity index (χ3v) is 9.91. The van der Waals surface area contributed by atoms with Gasteiger partial charge in [0.25, 0.3) is 0 Å². The molecule has 5 rings (SSSR count). The molecule has 0 aromatic carbocycles. The van der Waals surface area contributed by atoms with Crippen LogP contribution in [0.15, 0.2) is 4.99 Å². The fourth-order valence-electron chi connectivity index (χ4n) is 6.72. The van der Waals surface area contributed by atoms with Crippen molar-refractivity contribution < 1.29 is 13.6 Å². The van der Waals surface area contributed by atoms with E-state index < -0.39 is 13.4 Å². The molecule has 0 aromatic rings. The highest BCUT2D eigenvalue weighted by Crippen LogP contribution is 2.62. The Labute approximate surface area is 158 Å². The van der Waals surface area contributed by atoms with Gasteiger partial charge in [0.2, 0.25) is 0 Å². The molecule has 1 heterocycles. The molecule has 0 spiro atoms. The lowest BCUT2D eigenvalue weighted by Crippen LogP contribution is -2.55. The maximum Gasteiger partial charge on any atom is 0.357 e. The Morgan fingerprint density at radius 1 is 1.04 bits per heavy atom. The number of aliphatic imine (C=N–C) groups is 1. The fourth-order valence-corrected chi connectivity index (χ4v) is 8.94. The van der Waals surface area contributed by atoms with Gasteiger partial charge in [-0.15, -0.1) is 0 Å². The van der Waals surface area contributed by atoms with Crippen molar-refractivity contribution in [2.24, 2.45) is 28.2 Å². The zero-order valence-corrected chi connectivity index (χ0v) is 17.7. The van der Waals surface area contributed by atoms with Crippen molar-refractivity contribution in [2.45, 2.75) is 77.5 Å². The second-order valence-corrected chi connectivity index (χ2v) is 11.8. The summed E-state index contributed by atoms with van der Waals surface area (Å²) in [5.41, 5.74) is 0.0946. The van der Waals surface area contributed by atoms with Crippen LogP contribution in [0.3, 0.4) is 0 Å². The van der Waals surface area contributed by atoms with Crippen LogP contribution in [-0.2, 0) is 13.6 Å². The van der Waals surface area contributed by atoms with Crippen LogP contribution < -0.4 is 0 Å². The lowest BCUT2D eigenvalue weighted by atomic mass is 9.49. The quantitative estimate of drug-likeness (QED) is 0.587. The zero-order valence-electron chi connectivity index (χ0n) is 16.8. The standard InChI is InChI=1S/C20H35N2O3P/c1-5-24-26(23,25-6-2)18-19(3,4)22(14-21-18)13-20-10-15-7-16(11-20)9-17(8-15)12-20/h14-18H,5-13H2,1-4H3. The summed E-state index contributed by atoms with van der Waals surface area (Å²) in [6, 6.07) is 0. The summed E-state index contributed by atoms with van der Waals surface area (Å²) in [7, 11) is -3.25. The van der Waals surface area contributed by atoms with Crippen molar-refractivity contribution in [1.82, 2.24) is 4.90 Å². The smallest absolute Gasteiger partial charge is 0.354 e. The van der Waals surface area contributed by atoms with E-state index in [1.165, 1.54) is 38.5 Å². The third-order valence-electron chi connectivity index (χ3n) is 7.31. The molecule has 4 bridgehead atoms. The van der Waals surface area contributed by atoms with Gasteiger partial charge in [-0.2, -0.15) is 0 Å². The molecule has 0 N–H and O–H groups in total. The van der Waals surface area contributed by atoms with E-state index >= 15 is 0 Å². The molecule has 0 radical (unpaired) electrons. The number of hydrogen-bond acceptors (Lipinski definition) is 5. The van der Waals surface area contributed by atoms with E-state index in [0.717, 1.165) is 24.3 Å². The topological polar surface area (TPSA) is 51.1 Å². The molecule has 26 heavy (non-hydrogen) atoms. The highest BCUT2D eigenvalue weighted by molar-refractivity contribution is 7.54. The molecule has 6 heteroatoms. The largest absolute Gasteiger partial charge is 0.357 e. The predicted octanol–water partition coefficient (Wildman–Crippen LogP) is 4.92. The van der Waals surface area contributed by atoms with Gasteiger partial charge in [-0.3, -0.25) is 9.56 Å². The van der Waals surface area contributed by atoms with Gasteiger partial charge in [0.05, 0.1) is 25.1 Å². The molecule has 148 valence electrons. The Morgan fingerprint density at radius 3 is 2.00 bits per heavy atom. The predicted molar refractivity (Wildman–Crippen MR) is 105 cm³/mol. The van der Waals surface area contributed by atoms with E-state index in [9.17, 15) is 4.57 Å². The van der Waals surface area contributed by atoms with Gasteiger partial charge in [-0.25, -0.2) is 0 Å². The minimum Gasteiger partial charge on any atom is -0.354 e. The van der Waals surface area contributed by atoms with Gasteiger partial charge >= 0.3 is 7.60 Å². The van der Waals surface area contributed by atoms with Crippen LogP contribution in [0, 0.1) is 23.2 Å². The monoisotopic (exact) mass is 382 g/mol. The van der Waals surface area contributed by atoms with Crippen molar-refractivity contribution in [2.75, 3.05) is 19.8 Å². The lowest BCUT2D eigenvalue weighted by Gasteiger charge is -2.58. The van der Waals surface area contributed by atoms with Crippen molar-refractivity contribution >= 4 is 13.9 Å². The van der Waals surface area contributed by atoms with Gasteiger partial charge in [-0.05, 0) is 89.4 Å². The van der Waals surface area contributed by atoms with Crippen LogP contribution in [-0.4, -0.2) is 42.3 Å². The normalized spacial score (nSPS) is 40.5. The molecule has 4 fully saturated rings.